The number of allylic oxidation sites excluding steroid dienone is 1. The number of ether oxygens (including phenoxy) is 6. The summed E-state index contributed by atoms with van der Waals surface area (Å²) >= 11 is 0. The minimum atomic E-state index is -2.65. The third-order valence-corrected chi connectivity index (χ3v) is 12.4. The number of methoxy groups -OCH3 is 4. The van der Waals surface area contributed by atoms with Gasteiger partial charge in [-0.3, -0.25) is 0 Å². The lowest BCUT2D eigenvalue weighted by atomic mass is 9.94. The van der Waals surface area contributed by atoms with Crippen molar-refractivity contribution in [2.45, 2.75) is 45.3 Å². The molecule has 3 aromatic rings. The zero-order valence-corrected chi connectivity index (χ0v) is 28.2. The van der Waals surface area contributed by atoms with Gasteiger partial charge in [0.05, 0.1) is 32.5 Å². The number of nitrogens with zero attached hydrogens (tertiary/aromatic N) is 1. The first kappa shape index (κ1) is 35.1. The maximum atomic E-state index is 11.6. The lowest BCUT2D eigenvalue weighted by Crippen LogP contribution is -2.66. The minimum absolute atomic E-state index is 0.0825. The number of pyridine rings is 1. The van der Waals surface area contributed by atoms with Gasteiger partial charge in [-0.05, 0) is 27.8 Å². The van der Waals surface area contributed by atoms with Crippen molar-refractivity contribution in [3.05, 3.63) is 78.4 Å². The molecule has 2 aromatic carbocycles. The van der Waals surface area contributed by atoms with Crippen LogP contribution in [0.5, 0.6) is 23.3 Å². The van der Waals surface area contributed by atoms with Gasteiger partial charge in [-0.1, -0.05) is 101 Å². The highest BCUT2D eigenvalue weighted by Crippen LogP contribution is 2.47. The summed E-state index contributed by atoms with van der Waals surface area (Å²) in [6.45, 7) is 8.97. The van der Waals surface area contributed by atoms with Gasteiger partial charge in [-0.2, -0.15) is 4.98 Å². The molecule has 1 heterocycles. The Kier molecular flexibility index (Phi) is 13.2. The van der Waals surface area contributed by atoms with E-state index >= 15 is 0 Å². The highest BCUT2D eigenvalue weighted by molar-refractivity contribution is 6.99. The average Bonchev–Trinajstić information content (AvgIpc) is 3.03. The molecule has 0 spiro atoms. The molecule has 0 saturated heterocycles. The number of benzene rings is 2. The molecule has 240 valence electrons. The molecule has 0 fully saturated rings. The van der Waals surface area contributed by atoms with Crippen LogP contribution in [0.3, 0.4) is 0 Å². The van der Waals surface area contributed by atoms with Crippen molar-refractivity contribution in [2.24, 2.45) is 5.92 Å². The van der Waals surface area contributed by atoms with Crippen LogP contribution in [-0.2, 0) is 13.9 Å². The number of aliphatic hydroxyl groups is 1. The van der Waals surface area contributed by atoms with E-state index < -0.39 is 14.4 Å². The molecule has 0 saturated carbocycles. The van der Waals surface area contributed by atoms with Gasteiger partial charge in [-0.25, -0.2) is 0 Å². The molecular formula is C34H47NO8Si. The van der Waals surface area contributed by atoms with Gasteiger partial charge in [0.25, 0.3) is 14.2 Å². The first-order valence-electron chi connectivity index (χ1n) is 14.6. The summed E-state index contributed by atoms with van der Waals surface area (Å²) in [5.41, 5.74) is 0.321. The Morgan fingerprint density at radius 1 is 0.773 bits per heavy atom. The van der Waals surface area contributed by atoms with E-state index in [1.807, 2.05) is 31.2 Å². The largest absolute Gasteiger partial charge is 0.489 e. The molecule has 1 aromatic heterocycles. The van der Waals surface area contributed by atoms with Crippen molar-refractivity contribution in [1.82, 2.24) is 4.98 Å². The first-order valence-corrected chi connectivity index (χ1v) is 16.5. The molecular weight excluding hydrogens is 578 g/mol. The smallest absolute Gasteiger partial charge is 0.264 e. The Hall–Kier alpha value is -3.41. The van der Waals surface area contributed by atoms with Crippen molar-refractivity contribution in [3.63, 3.8) is 0 Å². The Bertz CT molecular complexity index is 1270. The fraction of sp³-hybridized carbons (Fsp3) is 0.441. The molecule has 1 unspecified atom stereocenters. The monoisotopic (exact) mass is 625 g/mol. The third kappa shape index (κ3) is 7.99. The second kappa shape index (κ2) is 16.6. The average molecular weight is 626 g/mol. The molecule has 0 aliphatic rings. The molecule has 44 heavy (non-hydrogen) atoms. The predicted octanol–water partition coefficient (Wildman–Crippen LogP) is 5.26. The van der Waals surface area contributed by atoms with Crippen LogP contribution in [0.15, 0.2) is 72.8 Å². The van der Waals surface area contributed by atoms with Crippen molar-refractivity contribution >= 4 is 18.7 Å². The van der Waals surface area contributed by atoms with Gasteiger partial charge in [0, 0.05) is 14.2 Å². The van der Waals surface area contributed by atoms with Gasteiger partial charge in [0.15, 0.2) is 19.3 Å². The van der Waals surface area contributed by atoms with Crippen molar-refractivity contribution in [1.29, 1.82) is 0 Å². The van der Waals surface area contributed by atoms with E-state index in [-0.39, 0.29) is 47.8 Å². The minimum Gasteiger partial charge on any atom is -0.489 e. The zero-order valence-electron chi connectivity index (χ0n) is 27.2. The summed E-state index contributed by atoms with van der Waals surface area (Å²) in [4.78, 5) is 4.43. The van der Waals surface area contributed by atoms with Crippen molar-refractivity contribution < 1.29 is 38.0 Å². The fourth-order valence-corrected chi connectivity index (χ4v) is 9.81. The summed E-state index contributed by atoms with van der Waals surface area (Å²) in [5.74, 6) is 0.465. The van der Waals surface area contributed by atoms with Gasteiger partial charge >= 0.3 is 0 Å². The van der Waals surface area contributed by atoms with E-state index in [1.165, 1.54) is 38.8 Å². The van der Waals surface area contributed by atoms with Crippen LogP contribution >= 0.6 is 0 Å². The zero-order chi connectivity index (χ0) is 32.2. The molecule has 1 N–H and O–H groups in total. The summed E-state index contributed by atoms with van der Waals surface area (Å²) in [6, 6.07) is 21.1. The first-order chi connectivity index (χ1) is 21.2. The highest BCUT2D eigenvalue weighted by Gasteiger charge is 2.49. The van der Waals surface area contributed by atoms with E-state index in [0.717, 1.165) is 0 Å². The van der Waals surface area contributed by atoms with Crippen LogP contribution in [0.4, 0.5) is 0 Å². The maximum Gasteiger partial charge on any atom is 0.264 e. The second-order valence-electron chi connectivity index (χ2n) is 11.4. The lowest BCUT2D eigenvalue weighted by Gasteiger charge is -2.42. The summed E-state index contributed by atoms with van der Waals surface area (Å²) in [6.07, 6.45) is 3.58. The SMILES string of the molecule is COCOc1nc(OC)c(OC)c(OCOC)c1C(O)[C@@H](C)C/C=C/CO[Si](c1ccccc1)(c1ccccc1)C(C)(C)C. The molecule has 0 radical (unpaired) electrons. The molecule has 0 aliphatic carbocycles. The second-order valence-corrected chi connectivity index (χ2v) is 15.7. The number of rotatable bonds is 17. The topological polar surface area (TPSA) is 97.7 Å². The van der Waals surface area contributed by atoms with Gasteiger partial charge in [-0.15, -0.1) is 0 Å². The Morgan fingerprint density at radius 2 is 1.34 bits per heavy atom. The molecule has 0 amide bonds. The normalized spacial score (nSPS) is 13.5. The van der Waals surface area contributed by atoms with Gasteiger partial charge in [0.1, 0.15) is 0 Å². The van der Waals surface area contributed by atoms with E-state index in [1.54, 1.807) is 0 Å². The molecule has 0 bridgehead atoms. The van der Waals surface area contributed by atoms with E-state index in [9.17, 15) is 5.11 Å². The fourth-order valence-electron chi connectivity index (χ4n) is 5.31. The maximum absolute atomic E-state index is 11.6. The molecule has 9 nitrogen and oxygen atoms in total. The number of hydrogen-bond donors (Lipinski definition) is 1. The Morgan fingerprint density at radius 3 is 1.84 bits per heavy atom. The molecule has 2 atom stereocenters. The van der Waals surface area contributed by atoms with E-state index in [0.29, 0.717) is 18.6 Å². The van der Waals surface area contributed by atoms with Crippen LogP contribution in [0.2, 0.25) is 5.04 Å². The van der Waals surface area contributed by atoms with E-state index in [4.69, 9.17) is 32.8 Å². The van der Waals surface area contributed by atoms with Crippen LogP contribution in [0, 0.1) is 5.92 Å². The lowest BCUT2D eigenvalue weighted by molar-refractivity contribution is 0.0316. The number of aliphatic hydroxyl groups excluding tert-OH is 1. The van der Waals surface area contributed by atoms with Crippen LogP contribution in [0.1, 0.15) is 45.8 Å². The quantitative estimate of drug-likeness (QED) is 0.122. The van der Waals surface area contributed by atoms with E-state index in [2.05, 4.69) is 74.3 Å². The van der Waals surface area contributed by atoms with Crippen molar-refractivity contribution in [3.8, 4) is 23.3 Å². The Labute approximate surface area is 262 Å². The van der Waals surface area contributed by atoms with Crippen LogP contribution in [-0.4, -0.2) is 67.0 Å². The summed E-state index contributed by atoms with van der Waals surface area (Å²) < 4.78 is 39.7. The highest BCUT2D eigenvalue weighted by atomic mass is 28.4. The number of aromatic nitrogens is 1. The molecule has 0 aliphatic heterocycles. The van der Waals surface area contributed by atoms with Gasteiger partial charge in [0.2, 0.25) is 11.6 Å². The summed E-state index contributed by atoms with van der Waals surface area (Å²) in [7, 11) is 3.29. The predicted molar refractivity (Wildman–Crippen MR) is 174 cm³/mol. The van der Waals surface area contributed by atoms with Crippen LogP contribution < -0.4 is 29.3 Å². The standard InChI is InChI=1S/C34H47NO8Si/c1-25(29(36)28-30(41-23-37-5)31(39-7)33(40-8)35-32(28)42-24-38-6)17-15-16-22-43-44(34(2,3)4,26-18-11-9-12-19-26)27-20-13-10-14-21-27/h9-16,18-21,25,29,36H,17,22-24H2,1-8H3/b16-15+/t25-,29?/m0/s1. The van der Waals surface area contributed by atoms with Crippen LogP contribution in [0.25, 0.3) is 0 Å². The summed E-state index contributed by atoms with van der Waals surface area (Å²) in [5, 5.41) is 13.9. The van der Waals surface area contributed by atoms with Gasteiger partial charge < -0.3 is 38.0 Å². The molecule has 3 rings (SSSR count). The third-order valence-electron chi connectivity index (χ3n) is 7.43. The Balaban J connectivity index is 1.87. The number of hydrogen-bond acceptors (Lipinski definition) is 9. The molecule has 10 heteroatoms. The van der Waals surface area contributed by atoms with Crippen molar-refractivity contribution in [2.75, 3.05) is 48.6 Å².